The molecule has 0 aliphatic carbocycles. The van der Waals surface area contributed by atoms with Gasteiger partial charge in [0.05, 0.1) is 12.1 Å². The molecule has 8 heteroatoms. The van der Waals surface area contributed by atoms with Crippen molar-refractivity contribution >= 4 is 0 Å². The van der Waals surface area contributed by atoms with Crippen LogP contribution in [0.2, 0.25) is 0 Å². The Balaban J connectivity index is 2.43. The van der Waals surface area contributed by atoms with Gasteiger partial charge in [-0.05, 0) is 20.4 Å². The minimum absolute atomic E-state index is 0.0971. The van der Waals surface area contributed by atoms with Crippen LogP contribution in [0.5, 0.6) is 0 Å². The smallest absolute Gasteiger partial charge is 0.372 e. The van der Waals surface area contributed by atoms with E-state index in [1.54, 1.807) is 0 Å². The largest absolute Gasteiger partial charge is 0.411 e. The fraction of sp³-hybridized carbons (Fsp3) is 0.818. The predicted octanol–water partition coefficient (Wildman–Crippen LogP) is 2.04. The summed E-state index contributed by atoms with van der Waals surface area (Å²) in [5, 5.41) is 6.87. The lowest BCUT2D eigenvalue weighted by atomic mass is 10.1. The van der Waals surface area contributed by atoms with Crippen molar-refractivity contribution in [3.63, 3.8) is 0 Å². The molecule has 0 radical (unpaired) electrons. The molecule has 110 valence electrons. The molecule has 0 saturated carbocycles. The first-order valence-electron chi connectivity index (χ1n) is 5.97. The van der Waals surface area contributed by atoms with Gasteiger partial charge >= 0.3 is 6.18 Å². The second kappa shape index (κ2) is 6.33. The van der Waals surface area contributed by atoms with Gasteiger partial charge in [-0.2, -0.15) is 18.2 Å². The number of halogens is 3. The highest BCUT2D eigenvalue weighted by molar-refractivity contribution is 4.99. The van der Waals surface area contributed by atoms with E-state index in [9.17, 15) is 13.2 Å². The van der Waals surface area contributed by atoms with Gasteiger partial charge in [-0.3, -0.25) is 0 Å². The summed E-state index contributed by atoms with van der Waals surface area (Å²) in [6.07, 6.45) is -4.13. The van der Waals surface area contributed by atoms with E-state index in [-0.39, 0.29) is 13.0 Å². The van der Waals surface area contributed by atoms with Crippen LogP contribution in [-0.2, 0) is 16.7 Å². The molecule has 1 aromatic heterocycles. The van der Waals surface area contributed by atoms with Crippen LogP contribution in [0.1, 0.15) is 32.5 Å². The Kier molecular flexibility index (Phi) is 5.30. The SMILES string of the molecule is CCNC(C)(C)c1nc(CCOCC(F)(F)F)no1. The first-order valence-corrected chi connectivity index (χ1v) is 5.97. The van der Waals surface area contributed by atoms with E-state index in [0.29, 0.717) is 11.7 Å². The molecule has 19 heavy (non-hydrogen) atoms. The Labute approximate surface area is 109 Å². The number of alkyl halides is 3. The summed E-state index contributed by atoms with van der Waals surface area (Å²) in [7, 11) is 0. The van der Waals surface area contributed by atoms with E-state index in [0.717, 1.165) is 6.54 Å². The van der Waals surface area contributed by atoms with Crippen LogP contribution in [0.15, 0.2) is 4.52 Å². The van der Waals surface area contributed by atoms with Crippen LogP contribution in [0.25, 0.3) is 0 Å². The van der Waals surface area contributed by atoms with E-state index >= 15 is 0 Å². The van der Waals surface area contributed by atoms with Crippen molar-refractivity contribution < 1.29 is 22.4 Å². The second-order valence-corrected chi connectivity index (χ2v) is 4.59. The lowest BCUT2D eigenvalue weighted by Crippen LogP contribution is -2.36. The molecule has 0 aliphatic heterocycles. The van der Waals surface area contributed by atoms with E-state index in [1.807, 2.05) is 20.8 Å². The first kappa shape index (κ1) is 15.9. The lowest BCUT2D eigenvalue weighted by Gasteiger charge is -2.20. The molecule has 0 bridgehead atoms. The van der Waals surface area contributed by atoms with Gasteiger partial charge in [-0.25, -0.2) is 0 Å². The maximum atomic E-state index is 11.8. The summed E-state index contributed by atoms with van der Waals surface area (Å²) >= 11 is 0. The third kappa shape index (κ3) is 5.56. The number of nitrogens with zero attached hydrogens (tertiary/aromatic N) is 2. The molecule has 0 unspecified atom stereocenters. The van der Waals surface area contributed by atoms with Gasteiger partial charge in [-0.1, -0.05) is 12.1 Å². The highest BCUT2D eigenvalue weighted by Gasteiger charge is 2.28. The Morgan fingerprint density at radius 2 is 2.00 bits per heavy atom. The van der Waals surface area contributed by atoms with Gasteiger partial charge in [-0.15, -0.1) is 0 Å². The molecular formula is C11H18F3N3O2. The monoisotopic (exact) mass is 281 g/mol. The zero-order chi connectivity index (χ0) is 14.5. The molecule has 0 aromatic carbocycles. The van der Waals surface area contributed by atoms with Gasteiger partial charge in [0, 0.05) is 6.42 Å². The molecule has 1 heterocycles. The summed E-state index contributed by atoms with van der Waals surface area (Å²) in [5.41, 5.74) is -0.465. The molecule has 5 nitrogen and oxygen atoms in total. The van der Waals surface area contributed by atoms with Crippen molar-refractivity contribution in [1.82, 2.24) is 15.5 Å². The maximum absolute atomic E-state index is 11.8. The maximum Gasteiger partial charge on any atom is 0.411 e. The Morgan fingerprint density at radius 1 is 1.32 bits per heavy atom. The van der Waals surface area contributed by atoms with Crippen LogP contribution in [0, 0.1) is 0 Å². The van der Waals surface area contributed by atoms with E-state index < -0.39 is 18.3 Å². The molecule has 0 aliphatic rings. The normalized spacial score (nSPS) is 12.9. The van der Waals surface area contributed by atoms with Gasteiger partial charge in [0.15, 0.2) is 5.82 Å². The van der Waals surface area contributed by atoms with Crippen LogP contribution < -0.4 is 5.32 Å². The summed E-state index contributed by atoms with van der Waals surface area (Å²) in [6, 6.07) is 0. The van der Waals surface area contributed by atoms with Gasteiger partial charge in [0.2, 0.25) is 5.89 Å². The predicted molar refractivity (Wildman–Crippen MR) is 61.6 cm³/mol. The van der Waals surface area contributed by atoms with E-state index in [4.69, 9.17) is 4.52 Å². The number of nitrogens with one attached hydrogen (secondary N) is 1. The Bertz CT molecular complexity index is 391. The molecule has 0 amide bonds. The first-order chi connectivity index (χ1) is 8.74. The average Bonchev–Trinajstić information content (AvgIpc) is 2.72. The number of hydrogen-bond acceptors (Lipinski definition) is 5. The summed E-state index contributed by atoms with van der Waals surface area (Å²) in [4.78, 5) is 4.13. The highest BCUT2D eigenvalue weighted by Crippen LogP contribution is 2.18. The van der Waals surface area contributed by atoms with Crippen molar-refractivity contribution in [3.8, 4) is 0 Å². The molecule has 1 N–H and O–H groups in total. The zero-order valence-corrected chi connectivity index (χ0v) is 11.2. The number of aromatic nitrogens is 2. The lowest BCUT2D eigenvalue weighted by molar-refractivity contribution is -0.173. The minimum atomic E-state index is -4.31. The van der Waals surface area contributed by atoms with Crippen molar-refractivity contribution in [2.45, 2.75) is 38.9 Å². The zero-order valence-electron chi connectivity index (χ0n) is 11.2. The van der Waals surface area contributed by atoms with Crippen LogP contribution in [0.4, 0.5) is 13.2 Å². The topological polar surface area (TPSA) is 60.2 Å². The van der Waals surface area contributed by atoms with Crippen LogP contribution >= 0.6 is 0 Å². The average molecular weight is 281 g/mol. The summed E-state index contributed by atoms with van der Waals surface area (Å²) < 4.78 is 45.1. The van der Waals surface area contributed by atoms with Crippen molar-refractivity contribution in [1.29, 1.82) is 0 Å². The Morgan fingerprint density at radius 3 is 2.58 bits per heavy atom. The number of rotatable bonds is 7. The number of hydrogen-bond donors (Lipinski definition) is 1. The fourth-order valence-corrected chi connectivity index (χ4v) is 1.48. The minimum Gasteiger partial charge on any atom is -0.372 e. The molecule has 0 spiro atoms. The molecular weight excluding hydrogens is 263 g/mol. The molecule has 1 rings (SSSR count). The summed E-state index contributed by atoms with van der Waals surface area (Å²) in [6.45, 7) is 5.09. The number of ether oxygens (including phenoxy) is 1. The molecule has 0 fully saturated rings. The standard InChI is InChI=1S/C11H18F3N3O2/c1-4-15-10(2,3)9-16-8(17-19-9)5-6-18-7-11(12,13)14/h15H,4-7H2,1-3H3. The van der Waals surface area contributed by atoms with Crippen molar-refractivity contribution in [3.05, 3.63) is 11.7 Å². The van der Waals surface area contributed by atoms with Crippen molar-refractivity contribution in [2.24, 2.45) is 0 Å². The van der Waals surface area contributed by atoms with Gasteiger partial charge in [0.25, 0.3) is 0 Å². The Hall–Kier alpha value is -1.15. The van der Waals surface area contributed by atoms with E-state index in [1.165, 1.54) is 0 Å². The molecule has 0 atom stereocenters. The quantitative estimate of drug-likeness (QED) is 0.775. The summed E-state index contributed by atoms with van der Waals surface area (Å²) in [5.74, 6) is 0.739. The van der Waals surface area contributed by atoms with Gasteiger partial charge < -0.3 is 14.6 Å². The molecule has 0 saturated heterocycles. The van der Waals surface area contributed by atoms with Crippen LogP contribution in [0.3, 0.4) is 0 Å². The molecule has 1 aromatic rings. The fourth-order valence-electron chi connectivity index (χ4n) is 1.48. The third-order valence-electron chi connectivity index (χ3n) is 2.36. The van der Waals surface area contributed by atoms with Crippen molar-refractivity contribution in [2.75, 3.05) is 19.8 Å². The van der Waals surface area contributed by atoms with E-state index in [2.05, 4.69) is 20.2 Å². The van der Waals surface area contributed by atoms with Gasteiger partial charge in [0.1, 0.15) is 6.61 Å². The van der Waals surface area contributed by atoms with Crippen LogP contribution in [-0.4, -0.2) is 36.1 Å². The third-order valence-corrected chi connectivity index (χ3v) is 2.36. The highest BCUT2D eigenvalue weighted by atomic mass is 19.4. The second-order valence-electron chi connectivity index (χ2n) is 4.59.